The number of anilines is 1. The number of halogens is 4. The predicted octanol–water partition coefficient (Wildman–Crippen LogP) is 4.57. The number of hydrogen-bond acceptors (Lipinski definition) is 6. The number of nitrogens with zero attached hydrogens (tertiary/aromatic N) is 2. The second kappa shape index (κ2) is 8.60. The summed E-state index contributed by atoms with van der Waals surface area (Å²) in [6.07, 6.45) is -2.64. The molecular weight excluding hydrogens is 461 g/mol. The summed E-state index contributed by atoms with van der Waals surface area (Å²) in [7, 11) is 0. The monoisotopic (exact) mass is 476 g/mol. The zero-order valence-electron chi connectivity index (χ0n) is 14.5. The Labute approximate surface area is 171 Å². The number of ketones is 1. The molecule has 3 heterocycles. The van der Waals surface area contributed by atoms with Crippen LogP contribution in [0.2, 0.25) is 0 Å². The molecule has 2 aromatic heterocycles. The molecule has 0 unspecified atom stereocenters. The van der Waals surface area contributed by atoms with Gasteiger partial charge in [-0.2, -0.15) is 13.2 Å². The van der Waals surface area contributed by atoms with Crippen molar-refractivity contribution in [1.82, 2.24) is 4.98 Å². The smallest absolute Gasteiger partial charge is 0.417 e. The number of carbonyl (C=O) groups is 2. The molecule has 0 amide bonds. The van der Waals surface area contributed by atoms with Crippen LogP contribution in [0.15, 0.2) is 34.2 Å². The van der Waals surface area contributed by atoms with Crippen molar-refractivity contribution in [3.63, 3.8) is 0 Å². The molecule has 0 saturated carbocycles. The van der Waals surface area contributed by atoms with E-state index in [4.69, 9.17) is 4.74 Å². The lowest BCUT2D eigenvalue weighted by Crippen LogP contribution is -2.37. The lowest BCUT2D eigenvalue weighted by molar-refractivity contribution is -0.148. The molecule has 5 nitrogen and oxygen atoms in total. The van der Waals surface area contributed by atoms with Crippen molar-refractivity contribution in [2.45, 2.75) is 19.0 Å². The van der Waals surface area contributed by atoms with E-state index in [1.54, 1.807) is 12.1 Å². The van der Waals surface area contributed by atoms with E-state index in [0.29, 0.717) is 36.6 Å². The summed E-state index contributed by atoms with van der Waals surface area (Å²) in [6.45, 7) is 0.653. The van der Waals surface area contributed by atoms with E-state index in [1.807, 2.05) is 4.90 Å². The van der Waals surface area contributed by atoms with Gasteiger partial charge in [-0.25, -0.2) is 4.98 Å². The Morgan fingerprint density at radius 2 is 1.93 bits per heavy atom. The number of Topliss-reactive ketones (excluding diaryl/α,β-unsaturated/α-hetero) is 1. The van der Waals surface area contributed by atoms with Crippen LogP contribution >= 0.6 is 27.3 Å². The minimum absolute atomic E-state index is 0.254. The average molecular weight is 477 g/mol. The molecule has 3 rings (SSSR count). The van der Waals surface area contributed by atoms with Gasteiger partial charge in [-0.15, -0.1) is 11.3 Å². The number of thiophene rings is 1. The second-order valence-electron chi connectivity index (χ2n) is 6.30. The summed E-state index contributed by atoms with van der Waals surface area (Å²) in [5.41, 5.74) is -0.794. The van der Waals surface area contributed by atoms with Gasteiger partial charge in [0.2, 0.25) is 5.78 Å². The minimum Gasteiger partial charge on any atom is -0.457 e. The molecule has 0 atom stereocenters. The number of carbonyl (C=O) groups excluding carboxylic acids is 2. The van der Waals surface area contributed by atoms with Crippen LogP contribution in [-0.4, -0.2) is 36.4 Å². The van der Waals surface area contributed by atoms with Crippen LogP contribution in [-0.2, 0) is 15.7 Å². The molecule has 0 N–H and O–H groups in total. The third kappa shape index (κ3) is 5.11. The van der Waals surface area contributed by atoms with E-state index in [-0.39, 0.29) is 18.3 Å². The van der Waals surface area contributed by atoms with Gasteiger partial charge in [-0.05, 0) is 53.0 Å². The molecule has 28 heavy (non-hydrogen) atoms. The molecule has 10 heteroatoms. The lowest BCUT2D eigenvalue weighted by Gasteiger charge is -2.31. The van der Waals surface area contributed by atoms with Gasteiger partial charge in [0.1, 0.15) is 5.82 Å². The molecule has 0 bridgehead atoms. The van der Waals surface area contributed by atoms with Crippen molar-refractivity contribution in [3.8, 4) is 0 Å². The highest BCUT2D eigenvalue weighted by atomic mass is 79.9. The van der Waals surface area contributed by atoms with E-state index >= 15 is 0 Å². The second-order valence-corrected chi connectivity index (χ2v) is 8.76. The standard InChI is InChI=1S/C18H16BrF3N2O3S/c19-15-3-2-14(28-15)13(25)10-27-17(26)11-5-7-24(8-6-11)16-4-1-12(9-23-16)18(20,21)22/h1-4,9,11H,5-8,10H2. The Bertz CT molecular complexity index is 847. The van der Waals surface area contributed by atoms with Crippen molar-refractivity contribution in [1.29, 1.82) is 0 Å². The van der Waals surface area contributed by atoms with Crippen molar-refractivity contribution < 1.29 is 27.5 Å². The first-order valence-corrected chi connectivity index (χ1v) is 10.1. The van der Waals surface area contributed by atoms with Crippen molar-refractivity contribution in [2.24, 2.45) is 5.92 Å². The van der Waals surface area contributed by atoms with Gasteiger partial charge in [0.05, 0.1) is 20.1 Å². The van der Waals surface area contributed by atoms with E-state index < -0.39 is 17.7 Å². The van der Waals surface area contributed by atoms with Gasteiger partial charge in [0, 0.05) is 19.3 Å². The molecule has 1 aliphatic heterocycles. The minimum atomic E-state index is -4.42. The highest BCUT2D eigenvalue weighted by Gasteiger charge is 2.31. The Balaban J connectivity index is 1.48. The van der Waals surface area contributed by atoms with Crippen LogP contribution in [0.5, 0.6) is 0 Å². The summed E-state index contributed by atoms with van der Waals surface area (Å²) >= 11 is 4.55. The van der Waals surface area contributed by atoms with E-state index in [0.717, 1.165) is 16.0 Å². The molecule has 1 fully saturated rings. The topological polar surface area (TPSA) is 59.5 Å². The molecule has 1 saturated heterocycles. The lowest BCUT2D eigenvalue weighted by atomic mass is 9.97. The van der Waals surface area contributed by atoms with E-state index in [9.17, 15) is 22.8 Å². The van der Waals surface area contributed by atoms with Crippen LogP contribution in [0.3, 0.4) is 0 Å². The molecule has 0 radical (unpaired) electrons. The normalized spacial score (nSPS) is 15.5. The summed E-state index contributed by atoms with van der Waals surface area (Å²) in [6, 6.07) is 5.75. The number of piperidine rings is 1. The average Bonchev–Trinajstić information content (AvgIpc) is 3.12. The number of rotatable bonds is 5. The van der Waals surface area contributed by atoms with Crippen LogP contribution in [0.25, 0.3) is 0 Å². The van der Waals surface area contributed by atoms with Crippen LogP contribution < -0.4 is 4.90 Å². The van der Waals surface area contributed by atoms with E-state index in [2.05, 4.69) is 20.9 Å². The zero-order chi connectivity index (χ0) is 20.3. The maximum atomic E-state index is 12.6. The van der Waals surface area contributed by atoms with Crippen LogP contribution in [0.4, 0.5) is 19.0 Å². The van der Waals surface area contributed by atoms with Crippen molar-refractivity contribution >= 4 is 44.8 Å². The maximum Gasteiger partial charge on any atom is 0.417 e. The number of hydrogen-bond donors (Lipinski definition) is 0. The predicted molar refractivity (Wildman–Crippen MR) is 101 cm³/mol. The number of pyridine rings is 1. The number of aromatic nitrogens is 1. The first kappa shape index (κ1) is 20.8. The maximum absolute atomic E-state index is 12.6. The fraction of sp³-hybridized carbons (Fsp3) is 0.389. The largest absolute Gasteiger partial charge is 0.457 e. The molecule has 0 aromatic carbocycles. The first-order valence-electron chi connectivity index (χ1n) is 8.47. The van der Waals surface area contributed by atoms with Gasteiger partial charge in [0.25, 0.3) is 0 Å². The van der Waals surface area contributed by atoms with E-state index in [1.165, 1.54) is 17.4 Å². The highest BCUT2D eigenvalue weighted by molar-refractivity contribution is 9.11. The summed E-state index contributed by atoms with van der Waals surface area (Å²) in [5.74, 6) is -0.578. The summed E-state index contributed by atoms with van der Waals surface area (Å²) in [4.78, 5) is 30.4. The number of ether oxygens (including phenoxy) is 1. The third-order valence-corrected chi connectivity index (χ3v) is 6.09. The molecule has 2 aromatic rings. The summed E-state index contributed by atoms with van der Waals surface area (Å²) < 4.78 is 43.8. The van der Waals surface area contributed by atoms with Gasteiger partial charge >= 0.3 is 12.1 Å². The number of alkyl halides is 3. The molecular formula is C18H16BrF3N2O3S. The quantitative estimate of drug-likeness (QED) is 0.467. The fourth-order valence-corrected chi connectivity index (χ4v) is 4.19. The Hall–Kier alpha value is -1.94. The van der Waals surface area contributed by atoms with Gasteiger partial charge in [-0.3, -0.25) is 9.59 Å². The summed E-state index contributed by atoms with van der Waals surface area (Å²) in [5, 5.41) is 0. The SMILES string of the molecule is O=C(COC(=O)C1CCN(c2ccc(C(F)(F)F)cn2)CC1)c1ccc(Br)s1. The first-order chi connectivity index (χ1) is 13.2. The van der Waals surface area contributed by atoms with Gasteiger partial charge < -0.3 is 9.64 Å². The van der Waals surface area contributed by atoms with Gasteiger partial charge in [-0.1, -0.05) is 0 Å². The molecule has 1 aliphatic rings. The Kier molecular flexibility index (Phi) is 6.39. The van der Waals surface area contributed by atoms with Crippen molar-refractivity contribution in [3.05, 3.63) is 44.7 Å². The van der Waals surface area contributed by atoms with Crippen LogP contribution in [0.1, 0.15) is 28.1 Å². The molecule has 150 valence electrons. The van der Waals surface area contributed by atoms with Gasteiger partial charge in [0.15, 0.2) is 6.61 Å². The number of esters is 1. The van der Waals surface area contributed by atoms with Crippen LogP contribution in [0, 0.1) is 5.92 Å². The third-order valence-electron chi connectivity index (χ3n) is 4.42. The molecule has 0 aliphatic carbocycles. The zero-order valence-corrected chi connectivity index (χ0v) is 16.9. The Morgan fingerprint density at radius 3 is 2.46 bits per heavy atom. The molecule has 0 spiro atoms. The Morgan fingerprint density at radius 1 is 1.21 bits per heavy atom. The fourth-order valence-electron chi connectivity index (χ4n) is 2.87. The van der Waals surface area contributed by atoms with Crippen molar-refractivity contribution in [2.75, 3.05) is 24.6 Å². The highest BCUT2D eigenvalue weighted by Crippen LogP contribution is 2.30.